The molecule has 12 atom stereocenters. The number of ether oxygens (including phenoxy) is 3. The van der Waals surface area contributed by atoms with Crippen LogP contribution >= 0.6 is 0 Å². The van der Waals surface area contributed by atoms with E-state index in [4.69, 9.17) is 30.2 Å². The minimum atomic E-state index is -4.93. The van der Waals surface area contributed by atoms with E-state index in [-0.39, 0.29) is 31.8 Å². The predicted octanol–water partition coefficient (Wildman–Crippen LogP) is -5.29. The lowest BCUT2D eigenvalue weighted by atomic mass is 9.81. The second kappa shape index (κ2) is 18.0. The monoisotopic (exact) mass is 795 g/mol. The van der Waals surface area contributed by atoms with Crippen LogP contribution in [-0.2, 0) is 48.0 Å². The van der Waals surface area contributed by atoms with Gasteiger partial charge in [-0.05, 0) is 49.2 Å². The maximum absolute atomic E-state index is 14.5. The first-order chi connectivity index (χ1) is 25.2. The Hall–Kier alpha value is -3.52. The molecule has 0 spiro atoms. The fraction of sp³-hybridized carbons (Fsp3) is 0.774. The Morgan fingerprint density at radius 2 is 1.76 bits per heavy atom. The van der Waals surface area contributed by atoms with Crippen molar-refractivity contribution in [3.8, 4) is 0 Å². The zero-order valence-electron chi connectivity index (χ0n) is 30.0. The normalized spacial score (nSPS) is 32.4. The lowest BCUT2D eigenvalue weighted by Crippen LogP contribution is -2.62. The topological polar surface area (TPSA) is 343 Å². The summed E-state index contributed by atoms with van der Waals surface area (Å²) in [4.78, 5) is 54.5. The molecule has 4 rings (SSSR count). The van der Waals surface area contributed by atoms with E-state index in [1.54, 1.807) is 18.4 Å². The molecule has 0 aromatic carbocycles. The second-order valence-electron chi connectivity index (χ2n) is 14.1. The Morgan fingerprint density at radius 1 is 1.07 bits per heavy atom. The van der Waals surface area contributed by atoms with Crippen LogP contribution in [0.5, 0.6) is 0 Å². The molecular formula is C31H51N6O16S+. The summed E-state index contributed by atoms with van der Waals surface area (Å²) in [5, 5.41) is 56.9. The number of nitrogens with one attached hydrogen (secondary N) is 2. The highest BCUT2D eigenvalue weighted by molar-refractivity contribution is 7.80. The summed E-state index contributed by atoms with van der Waals surface area (Å²) in [6.45, 7) is 3.50. The van der Waals surface area contributed by atoms with Gasteiger partial charge in [0.1, 0.15) is 37.0 Å². The van der Waals surface area contributed by atoms with Crippen LogP contribution in [0.4, 0.5) is 0 Å². The van der Waals surface area contributed by atoms with Gasteiger partial charge in [0.15, 0.2) is 18.5 Å². The molecule has 3 heterocycles. The summed E-state index contributed by atoms with van der Waals surface area (Å²) >= 11 is 0. The second-order valence-corrected chi connectivity index (χ2v) is 15.2. The van der Waals surface area contributed by atoms with Crippen molar-refractivity contribution in [2.75, 3.05) is 33.4 Å². The molecule has 3 fully saturated rings. The van der Waals surface area contributed by atoms with Gasteiger partial charge in [0.05, 0.1) is 25.3 Å². The molecule has 0 aromatic rings. The number of hydrogen-bond donors (Lipinski definition) is 10. The summed E-state index contributed by atoms with van der Waals surface area (Å²) in [6.07, 6.45) is -11.4. The number of guanidine groups is 1. The molecule has 4 aliphatic rings. The van der Waals surface area contributed by atoms with E-state index in [1.165, 1.54) is 4.90 Å². The zero-order valence-corrected chi connectivity index (χ0v) is 30.8. The van der Waals surface area contributed by atoms with E-state index in [1.807, 2.05) is 6.08 Å². The largest absolute Gasteiger partial charge is 0.479 e. The minimum absolute atomic E-state index is 0.0175. The van der Waals surface area contributed by atoms with Gasteiger partial charge in [-0.15, -0.1) is 0 Å². The van der Waals surface area contributed by atoms with Gasteiger partial charge in [0.2, 0.25) is 11.8 Å². The molecule has 306 valence electrons. The Morgan fingerprint density at radius 3 is 2.33 bits per heavy atom. The van der Waals surface area contributed by atoms with Crippen molar-refractivity contribution < 1.29 is 80.7 Å². The molecule has 3 amide bonds. The number of nitrogens with zero attached hydrogens (tertiary/aromatic N) is 2. The molecule has 12 N–H and O–H groups in total. The van der Waals surface area contributed by atoms with Crippen LogP contribution in [0, 0.1) is 11.8 Å². The molecule has 0 bridgehead atoms. The quantitative estimate of drug-likeness (QED) is 0.0320. The minimum Gasteiger partial charge on any atom is -0.479 e. The Bertz CT molecular complexity index is 1570. The number of fused-ring (bicyclic) bond motifs is 1. The van der Waals surface area contributed by atoms with Gasteiger partial charge < -0.3 is 55.3 Å². The van der Waals surface area contributed by atoms with Gasteiger partial charge in [0.25, 0.3) is 5.91 Å². The van der Waals surface area contributed by atoms with Crippen molar-refractivity contribution >= 4 is 40.0 Å². The Kier molecular flexibility index (Phi) is 14.4. The zero-order chi connectivity index (χ0) is 40.2. The average molecular weight is 796 g/mol. The van der Waals surface area contributed by atoms with Crippen molar-refractivity contribution in [2.45, 2.75) is 107 Å². The van der Waals surface area contributed by atoms with Crippen molar-refractivity contribution in [3.63, 3.8) is 0 Å². The van der Waals surface area contributed by atoms with Crippen molar-refractivity contribution in [3.05, 3.63) is 11.6 Å². The van der Waals surface area contributed by atoms with Crippen LogP contribution in [-0.4, -0.2) is 178 Å². The highest BCUT2D eigenvalue weighted by Gasteiger charge is 2.55. The number of rotatable bonds is 15. The molecular weight excluding hydrogens is 744 g/mol. The Labute approximate surface area is 311 Å². The maximum atomic E-state index is 14.5. The number of hydrogen-bond acceptors (Lipinski definition) is 14. The van der Waals surface area contributed by atoms with Crippen LogP contribution in [0.3, 0.4) is 0 Å². The number of aliphatic hydroxyl groups is 4. The van der Waals surface area contributed by atoms with Crippen LogP contribution in [0.2, 0.25) is 0 Å². The van der Waals surface area contributed by atoms with Gasteiger partial charge in [-0.3, -0.25) is 35.0 Å². The van der Waals surface area contributed by atoms with E-state index in [0.717, 1.165) is 12.7 Å². The summed E-state index contributed by atoms with van der Waals surface area (Å²) < 4.78 is 53.3. The van der Waals surface area contributed by atoms with E-state index in [9.17, 15) is 53.1 Å². The van der Waals surface area contributed by atoms with Crippen LogP contribution in [0.15, 0.2) is 11.6 Å². The highest BCUT2D eigenvalue weighted by atomic mass is 32.3. The predicted molar refractivity (Wildman–Crippen MR) is 181 cm³/mol. The number of carboxylic acids is 1. The fourth-order valence-electron chi connectivity index (χ4n) is 7.24. The average Bonchev–Trinajstić information content (AvgIpc) is 3.71. The molecule has 3 aliphatic heterocycles. The number of aliphatic hydroxyl groups excluding tert-OH is 4. The van der Waals surface area contributed by atoms with Crippen molar-refractivity contribution in [1.29, 1.82) is 0 Å². The molecule has 2 saturated heterocycles. The van der Waals surface area contributed by atoms with Gasteiger partial charge >= 0.3 is 22.3 Å². The number of nitrogens with two attached hydrogens (primary N) is 2. The molecule has 1 aliphatic carbocycles. The molecule has 23 heteroatoms. The third-order valence-electron chi connectivity index (χ3n) is 10.2. The summed E-state index contributed by atoms with van der Waals surface area (Å²) in [6, 6.07) is -3.24. The standard InChI is InChI=1S/C31H50N6O16S/c1-13(2)21(35-27(43)20(50-3)12-51-54(47,48)49)28(44)37-16-10-19(52-30-24(41)22(39)23(40)25(53-30)29(45)46)18(38)9-15(16)8-17(37)26(42)34-6-4-14-5-7-36(11-14)31(32)33/h5,13,15-25,30,38-41H,4,6-12H2,1-3H3,(H7,32,33,34,35,42,43,45,46,47,48,49)/p+1/t15-,16+,17+,18+,19+,20?,21?,22+,23+,24-,25+,30+/m1/s1. The number of methoxy groups -OCH3 is 1. The van der Waals surface area contributed by atoms with E-state index in [2.05, 4.69) is 14.8 Å². The number of aliphatic carboxylic acids is 1. The molecule has 0 aromatic heterocycles. The first-order valence-corrected chi connectivity index (χ1v) is 18.7. The highest BCUT2D eigenvalue weighted by Crippen LogP contribution is 2.42. The van der Waals surface area contributed by atoms with Crippen molar-refractivity contribution in [1.82, 2.24) is 15.5 Å². The first kappa shape index (κ1) is 43.2. The molecule has 22 nitrogen and oxygen atoms in total. The molecule has 2 unspecified atom stereocenters. The van der Waals surface area contributed by atoms with Gasteiger partial charge in [-0.1, -0.05) is 13.8 Å². The maximum Gasteiger partial charge on any atom is 0.397 e. The Balaban J connectivity index is 1.58. The third kappa shape index (κ3) is 10.2. The van der Waals surface area contributed by atoms with Gasteiger partial charge in [-0.2, -0.15) is 8.42 Å². The van der Waals surface area contributed by atoms with Gasteiger partial charge in [0, 0.05) is 19.7 Å². The molecule has 1 saturated carbocycles. The lowest BCUT2D eigenvalue weighted by Gasteiger charge is -2.44. The number of carboxylic acid groups (broad SMARTS) is 1. The van der Waals surface area contributed by atoms with E-state index in [0.29, 0.717) is 19.5 Å². The summed E-state index contributed by atoms with van der Waals surface area (Å²) in [5.41, 5.74) is 12.3. The van der Waals surface area contributed by atoms with E-state index >= 15 is 0 Å². The number of amides is 3. The smallest absolute Gasteiger partial charge is 0.397 e. The van der Waals surface area contributed by atoms with Crippen LogP contribution < -0.4 is 22.1 Å². The lowest BCUT2D eigenvalue weighted by molar-refractivity contribution is -0.503. The summed E-state index contributed by atoms with van der Waals surface area (Å²) in [5.74, 6) is -4.78. The van der Waals surface area contributed by atoms with E-state index < -0.39 is 120 Å². The number of carbonyl (C=O) groups excluding carboxylic acids is 3. The van der Waals surface area contributed by atoms with Crippen molar-refractivity contribution in [2.24, 2.45) is 23.3 Å². The number of likely N-dealkylation sites (tertiary alicyclic amines) is 1. The molecule has 0 radical (unpaired) electrons. The van der Waals surface area contributed by atoms with Gasteiger partial charge in [-0.25, -0.2) is 8.98 Å². The van der Waals surface area contributed by atoms with Crippen LogP contribution in [0.25, 0.3) is 0 Å². The van der Waals surface area contributed by atoms with Crippen LogP contribution in [0.1, 0.15) is 39.5 Å². The number of carbonyl (C=O) groups is 4. The SMILES string of the molecule is COC(COS(=O)(=O)O)C(=O)NC(C(=O)N1[C@H](C(=O)NCCC2=CC[N+](=C(N)N)C2)C[C@@H]2C[C@H](O)[C@@H](O[C@H]3O[C@H](C(=O)O)[C@@H](O)[C@H](O)[C@H]3O)C[C@@H]21)C(C)C. The fourth-order valence-corrected chi connectivity index (χ4v) is 7.54. The molecule has 54 heavy (non-hydrogen) atoms. The third-order valence-corrected chi connectivity index (χ3v) is 10.6. The first-order valence-electron chi connectivity index (χ1n) is 17.4. The summed E-state index contributed by atoms with van der Waals surface area (Å²) in [7, 11) is -3.85.